The number of benzene rings is 1. The smallest absolute Gasteiger partial charge is 0.325 e. The highest BCUT2D eigenvalue weighted by Gasteiger charge is 2.05. The van der Waals surface area contributed by atoms with Crippen molar-refractivity contribution in [1.29, 1.82) is 0 Å². The maximum atomic E-state index is 9.69. The van der Waals surface area contributed by atoms with Gasteiger partial charge in [0.2, 0.25) is 0 Å². The summed E-state index contributed by atoms with van der Waals surface area (Å²) in [4.78, 5) is 28.2. The standard InChI is InChI=1S/C11H13N.C2H7O3P.CH4N2O/c1-7-5-4-6-10-11(7)8(2)9(3)12-10;1-2-6(3,4)5;2-1(3)4/h4-6,12H,1-3H3;2H2,1H3,(H2,3,4,5);(H4,2,3,4). The van der Waals surface area contributed by atoms with E-state index >= 15 is 0 Å². The normalized spacial score (nSPS) is 10.3. The van der Waals surface area contributed by atoms with Crippen molar-refractivity contribution < 1.29 is 19.1 Å². The molecule has 0 spiro atoms. The molecule has 0 aliphatic rings. The third-order valence-corrected chi connectivity index (χ3v) is 3.77. The van der Waals surface area contributed by atoms with Gasteiger partial charge in [-0.2, -0.15) is 0 Å². The summed E-state index contributed by atoms with van der Waals surface area (Å²) in [7, 11) is -3.65. The van der Waals surface area contributed by atoms with Crippen LogP contribution in [-0.4, -0.2) is 27.0 Å². The number of aromatic amines is 1. The minimum atomic E-state index is -3.65. The summed E-state index contributed by atoms with van der Waals surface area (Å²) in [6, 6.07) is 5.54. The van der Waals surface area contributed by atoms with Crippen LogP contribution in [0.3, 0.4) is 0 Å². The molecule has 0 bridgehead atoms. The summed E-state index contributed by atoms with van der Waals surface area (Å²) in [5, 5.41) is 1.38. The monoisotopic (exact) mass is 329 g/mol. The van der Waals surface area contributed by atoms with E-state index in [9.17, 15) is 4.57 Å². The maximum Gasteiger partial charge on any atom is 0.325 e. The molecule has 2 rings (SSSR count). The largest absolute Gasteiger partial charge is 0.358 e. The van der Waals surface area contributed by atoms with E-state index in [0.29, 0.717) is 0 Å². The molecule has 0 aliphatic carbocycles. The predicted molar refractivity (Wildman–Crippen MR) is 88.9 cm³/mol. The molecule has 7 N–H and O–H groups in total. The summed E-state index contributed by atoms with van der Waals surface area (Å²) < 4.78 is 9.69. The van der Waals surface area contributed by atoms with Crippen LogP contribution in [0.4, 0.5) is 4.79 Å². The van der Waals surface area contributed by atoms with Gasteiger partial charge >= 0.3 is 13.6 Å². The maximum absolute atomic E-state index is 9.69. The minimum absolute atomic E-state index is 0.0625. The van der Waals surface area contributed by atoms with Gasteiger partial charge in [-0.3, -0.25) is 4.57 Å². The van der Waals surface area contributed by atoms with Gasteiger partial charge in [0.25, 0.3) is 0 Å². The van der Waals surface area contributed by atoms with Crippen molar-refractivity contribution in [3.63, 3.8) is 0 Å². The number of hydrogen-bond acceptors (Lipinski definition) is 2. The highest BCUT2D eigenvalue weighted by atomic mass is 31.2. The lowest BCUT2D eigenvalue weighted by molar-refractivity contribution is 0.256. The number of amides is 2. The molecule has 0 aliphatic heterocycles. The van der Waals surface area contributed by atoms with Gasteiger partial charge in [-0.15, -0.1) is 0 Å². The van der Waals surface area contributed by atoms with E-state index < -0.39 is 13.6 Å². The molecule has 2 aromatic rings. The Hall–Kier alpha value is -1.82. The first kappa shape index (κ1) is 20.2. The van der Waals surface area contributed by atoms with Crippen molar-refractivity contribution in [3.8, 4) is 0 Å². The van der Waals surface area contributed by atoms with E-state index in [2.05, 4.69) is 55.4 Å². The summed E-state index contributed by atoms with van der Waals surface area (Å²) in [6.07, 6.45) is -0.0625. The number of primary amides is 2. The van der Waals surface area contributed by atoms with E-state index in [1.807, 2.05) is 0 Å². The van der Waals surface area contributed by atoms with Gasteiger partial charge in [0.15, 0.2) is 0 Å². The average molecular weight is 329 g/mol. The number of rotatable bonds is 1. The first-order valence-corrected chi connectivity index (χ1v) is 8.43. The van der Waals surface area contributed by atoms with Crippen molar-refractivity contribution in [2.45, 2.75) is 27.7 Å². The molecular weight excluding hydrogens is 305 g/mol. The third kappa shape index (κ3) is 7.26. The number of urea groups is 1. The minimum Gasteiger partial charge on any atom is -0.358 e. The Morgan fingerprint density at radius 2 is 1.68 bits per heavy atom. The number of hydrogen-bond donors (Lipinski definition) is 5. The highest BCUT2D eigenvalue weighted by Crippen LogP contribution is 2.32. The van der Waals surface area contributed by atoms with Crippen molar-refractivity contribution >= 4 is 24.5 Å². The van der Waals surface area contributed by atoms with Gasteiger partial charge in [0.05, 0.1) is 0 Å². The van der Waals surface area contributed by atoms with Crippen LogP contribution in [0.5, 0.6) is 0 Å². The fourth-order valence-corrected chi connectivity index (χ4v) is 1.75. The number of aromatic nitrogens is 1. The zero-order valence-electron chi connectivity index (χ0n) is 13.3. The Labute approximate surface area is 129 Å². The average Bonchev–Trinajstić information content (AvgIpc) is 2.65. The van der Waals surface area contributed by atoms with Crippen molar-refractivity contribution in [3.05, 3.63) is 35.0 Å². The zero-order valence-corrected chi connectivity index (χ0v) is 14.1. The Bertz CT molecular complexity index is 672. The van der Waals surface area contributed by atoms with Gasteiger partial charge in [0.1, 0.15) is 0 Å². The second-order valence-corrected chi connectivity index (χ2v) is 6.72. The second-order valence-electron chi connectivity index (χ2n) is 4.76. The molecule has 0 saturated heterocycles. The topological polar surface area (TPSA) is 142 Å². The fraction of sp³-hybridized carbons (Fsp3) is 0.357. The van der Waals surface area contributed by atoms with Crippen LogP contribution < -0.4 is 11.5 Å². The van der Waals surface area contributed by atoms with Crippen LogP contribution in [-0.2, 0) is 4.57 Å². The molecule has 2 amide bonds. The Kier molecular flexibility index (Phi) is 7.87. The Morgan fingerprint density at radius 1 is 1.23 bits per heavy atom. The number of carbonyl (C=O) groups excluding carboxylic acids is 1. The fourth-order valence-electron chi connectivity index (χ4n) is 1.75. The van der Waals surface area contributed by atoms with Crippen LogP contribution in [0.2, 0.25) is 0 Å². The van der Waals surface area contributed by atoms with Gasteiger partial charge in [-0.25, -0.2) is 4.79 Å². The van der Waals surface area contributed by atoms with Gasteiger partial charge in [-0.05, 0) is 38.0 Å². The molecule has 0 radical (unpaired) electrons. The number of H-pyrrole nitrogens is 1. The van der Waals surface area contributed by atoms with Gasteiger partial charge < -0.3 is 26.2 Å². The van der Waals surface area contributed by atoms with E-state index in [4.69, 9.17) is 14.6 Å². The molecule has 0 unspecified atom stereocenters. The van der Waals surface area contributed by atoms with Crippen molar-refractivity contribution in [2.24, 2.45) is 11.5 Å². The van der Waals surface area contributed by atoms with Crippen LogP contribution in [0.1, 0.15) is 23.7 Å². The highest BCUT2D eigenvalue weighted by molar-refractivity contribution is 7.51. The zero-order chi connectivity index (χ0) is 17.5. The van der Waals surface area contributed by atoms with Crippen LogP contribution in [0, 0.1) is 20.8 Å². The summed E-state index contributed by atoms with van der Waals surface area (Å²) >= 11 is 0. The number of nitrogens with one attached hydrogen (secondary N) is 1. The van der Waals surface area contributed by atoms with Crippen molar-refractivity contribution in [2.75, 3.05) is 6.16 Å². The number of fused-ring (bicyclic) bond motifs is 1. The molecule has 22 heavy (non-hydrogen) atoms. The van der Waals surface area contributed by atoms with E-state index in [0.717, 1.165) is 0 Å². The molecule has 0 atom stereocenters. The molecule has 1 aromatic carbocycles. The number of carbonyl (C=O) groups is 1. The van der Waals surface area contributed by atoms with E-state index in [-0.39, 0.29) is 6.16 Å². The predicted octanol–water partition coefficient (Wildman–Crippen LogP) is 2.30. The summed E-state index contributed by atoms with van der Waals surface area (Å²) in [5.41, 5.74) is 13.8. The molecule has 8 heteroatoms. The summed E-state index contributed by atoms with van der Waals surface area (Å²) in [6.45, 7) is 7.89. The lowest BCUT2D eigenvalue weighted by Gasteiger charge is -1.95. The summed E-state index contributed by atoms with van der Waals surface area (Å²) in [5.74, 6) is 0. The Morgan fingerprint density at radius 3 is 2.05 bits per heavy atom. The SMILES string of the molecule is CCP(=O)(O)O.Cc1[nH]c2cccc(C)c2c1C.NC(N)=O. The molecule has 1 heterocycles. The molecule has 1 aromatic heterocycles. The van der Waals surface area contributed by atoms with Crippen molar-refractivity contribution in [1.82, 2.24) is 4.98 Å². The van der Waals surface area contributed by atoms with Crippen LogP contribution in [0.25, 0.3) is 10.9 Å². The third-order valence-electron chi connectivity index (χ3n) is 2.94. The van der Waals surface area contributed by atoms with Gasteiger partial charge in [0, 0.05) is 22.8 Å². The van der Waals surface area contributed by atoms with Crippen LogP contribution >= 0.6 is 7.60 Å². The van der Waals surface area contributed by atoms with Gasteiger partial charge in [-0.1, -0.05) is 19.1 Å². The molecule has 0 saturated carbocycles. The van der Waals surface area contributed by atoms with E-state index in [1.54, 1.807) is 0 Å². The second kappa shape index (κ2) is 8.58. The Balaban J connectivity index is 0.000000374. The van der Waals surface area contributed by atoms with E-state index in [1.165, 1.54) is 34.6 Å². The number of nitrogens with two attached hydrogens (primary N) is 2. The molecular formula is C14H24N3O4P. The lowest BCUT2D eigenvalue weighted by Crippen LogP contribution is -2.18. The number of aryl methyl sites for hydroxylation is 3. The van der Waals surface area contributed by atoms with Crippen LogP contribution in [0.15, 0.2) is 18.2 Å². The first-order chi connectivity index (χ1) is 9.99. The lowest BCUT2D eigenvalue weighted by atomic mass is 10.1. The quantitative estimate of drug-likeness (QED) is 0.511. The molecule has 124 valence electrons. The first-order valence-electron chi connectivity index (χ1n) is 6.63. The molecule has 7 nitrogen and oxygen atoms in total. The molecule has 0 fully saturated rings.